The summed E-state index contributed by atoms with van der Waals surface area (Å²) in [4.78, 5) is 11.9. The zero-order valence-corrected chi connectivity index (χ0v) is 15.5. The van der Waals surface area contributed by atoms with Gasteiger partial charge in [-0.3, -0.25) is 4.79 Å². The van der Waals surface area contributed by atoms with E-state index in [0.717, 1.165) is 12.8 Å². The van der Waals surface area contributed by atoms with Gasteiger partial charge in [-0.25, -0.2) is 0 Å². The second-order valence-electron chi connectivity index (χ2n) is 5.55. The minimum absolute atomic E-state index is 0.0756. The van der Waals surface area contributed by atoms with Crippen molar-refractivity contribution in [1.29, 1.82) is 0 Å². The standard InChI is InChI=1S/C19H23ClO5/c1-4-9-23-18-16(22)14-11-12(20)7-8-13(14)17(25-15(21)6-3)19(18)24-10-5-2/h7-8,11,22H,4-6,9-10H2,1-3H3. The number of hydrogen-bond acceptors (Lipinski definition) is 5. The highest BCUT2D eigenvalue weighted by Crippen LogP contribution is 2.51. The van der Waals surface area contributed by atoms with Gasteiger partial charge in [0.15, 0.2) is 11.5 Å². The highest BCUT2D eigenvalue weighted by molar-refractivity contribution is 6.31. The fourth-order valence-corrected chi connectivity index (χ4v) is 2.50. The third-order valence-corrected chi connectivity index (χ3v) is 3.75. The molecular weight excluding hydrogens is 344 g/mol. The number of carbonyl (C=O) groups is 1. The average molecular weight is 367 g/mol. The van der Waals surface area contributed by atoms with Crippen LogP contribution in [0.5, 0.6) is 23.0 Å². The first-order valence-electron chi connectivity index (χ1n) is 8.47. The molecule has 0 fully saturated rings. The summed E-state index contributed by atoms with van der Waals surface area (Å²) >= 11 is 6.07. The lowest BCUT2D eigenvalue weighted by Gasteiger charge is -2.19. The van der Waals surface area contributed by atoms with E-state index in [1.54, 1.807) is 25.1 Å². The van der Waals surface area contributed by atoms with Gasteiger partial charge in [0.05, 0.1) is 13.2 Å². The van der Waals surface area contributed by atoms with E-state index in [2.05, 4.69) is 0 Å². The summed E-state index contributed by atoms with van der Waals surface area (Å²) in [7, 11) is 0. The van der Waals surface area contributed by atoms with Crippen molar-refractivity contribution in [3.63, 3.8) is 0 Å². The Morgan fingerprint density at radius 1 is 1.00 bits per heavy atom. The van der Waals surface area contributed by atoms with Crippen LogP contribution in [0, 0.1) is 0 Å². The molecule has 0 bridgehead atoms. The number of phenols is 1. The first-order valence-corrected chi connectivity index (χ1v) is 8.85. The normalized spacial score (nSPS) is 10.7. The smallest absolute Gasteiger partial charge is 0.311 e. The number of esters is 1. The van der Waals surface area contributed by atoms with Gasteiger partial charge in [0.2, 0.25) is 11.5 Å². The third kappa shape index (κ3) is 4.28. The zero-order chi connectivity index (χ0) is 18.4. The number of ether oxygens (including phenoxy) is 3. The quantitative estimate of drug-likeness (QED) is 0.520. The lowest BCUT2D eigenvalue weighted by Crippen LogP contribution is -2.10. The van der Waals surface area contributed by atoms with Gasteiger partial charge in [0, 0.05) is 22.2 Å². The van der Waals surface area contributed by atoms with Crippen LogP contribution < -0.4 is 14.2 Å². The molecule has 5 nitrogen and oxygen atoms in total. The molecule has 0 atom stereocenters. The number of aromatic hydroxyl groups is 1. The maximum absolute atomic E-state index is 11.9. The molecule has 1 N–H and O–H groups in total. The van der Waals surface area contributed by atoms with Gasteiger partial charge in [-0.15, -0.1) is 0 Å². The van der Waals surface area contributed by atoms with Gasteiger partial charge in [-0.1, -0.05) is 32.4 Å². The number of fused-ring (bicyclic) bond motifs is 1. The molecule has 6 heteroatoms. The molecule has 25 heavy (non-hydrogen) atoms. The van der Waals surface area contributed by atoms with Crippen LogP contribution in [0.3, 0.4) is 0 Å². The van der Waals surface area contributed by atoms with E-state index >= 15 is 0 Å². The number of halogens is 1. The molecule has 0 aliphatic carbocycles. The van der Waals surface area contributed by atoms with E-state index in [1.165, 1.54) is 0 Å². The fraction of sp³-hybridized carbons (Fsp3) is 0.421. The third-order valence-electron chi connectivity index (χ3n) is 3.51. The molecule has 0 aromatic heterocycles. The SMILES string of the molecule is CCCOc1c(OCCC)c(OC(=O)CC)c2ccc(Cl)cc2c1O. The molecular formula is C19H23ClO5. The Bertz CT molecular complexity index is 757. The van der Waals surface area contributed by atoms with Crippen molar-refractivity contribution in [3.05, 3.63) is 23.2 Å². The summed E-state index contributed by atoms with van der Waals surface area (Å²) < 4.78 is 17.0. The zero-order valence-electron chi connectivity index (χ0n) is 14.7. The molecule has 0 aliphatic heterocycles. The largest absolute Gasteiger partial charge is 0.504 e. The predicted octanol–water partition coefficient (Wildman–Crippen LogP) is 5.09. The average Bonchev–Trinajstić information content (AvgIpc) is 2.61. The van der Waals surface area contributed by atoms with Crippen LogP contribution in [0.25, 0.3) is 10.8 Å². The van der Waals surface area contributed by atoms with Crippen molar-refractivity contribution in [2.24, 2.45) is 0 Å². The van der Waals surface area contributed by atoms with Crippen LogP contribution in [-0.2, 0) is 4.79 Å². The molecule has 0 spiro atoms. The minimum atomic E-state index is -0.398. The van der Waals surface area contributed by atoms with Gasteiger partial charge < -0.3 is 19.3 Å². The lowest BCUT2D eigenvalue weighted by molar-refractivity contribution is -0.134. The predicted molar refractivity (Wildman–Crippen MR) is 98.1 cm³/mol. The second kappa shape index (κ2) is 8.81. The maximum Gasteiger partial charge on any atom is 0.311 e. The summed E-state index contributed by atoms with van der Waals surface area (Å²) in [5.41, 5.74) is 0. The number of rotatable bonds is 8. The Morgan fingerprint density at radius 3 is 2.24 bits per heavy atom. The Hall–Kier alpha value is -2.14. The van der Waals surface area contributed by atoms with Crippen molar-refractivity contribution in [1.82, 2.24) is 0 Å². The molecule has 136 valence electrons. The van der Waals surface area contributed by atoms with Gasteiger partial charge in [0.1, 0.15) is 0 Å². The first kappa shape index (κ1) is 19.2. The van der Waals surface area contributed by atoms with Crippen LogP contribution in [0.1, 0.15) is 40.0 Å². The van der Waals surface area contributed by atoms with Crippen LogP contribution in [-0.4, -0.2) is 24.3 Å². The summed E-state index contributed by atoms with van der Waals surface area (Å²) in [5.74, 6) is 0.183. The van der Waals surface area contributed by atoms with E-state index < -0.39 is 5.97 Å². The summed E-state index contributed by atoms with van der Waals surface area (Å²) in [6.45, 7) is 6.42. The molecule has 0 unspecified atom stereocenters. The van der Waals surface area contributed by atoms with Crippen LogP contribution in [0.15, 0.2) is 18.2 Å². The van der Waals surface area contributed by atoms with Crippen molar-refractivity contribution in [2.45, 2.75) is 40.0 Å². The highest BCUT2D eigenvalue weighted by atomic mass is 35.5. The van der Waals surface area contributed by atoms with Crippen molar-refractivity contribution < 1.29 is 24.1 Å². The van der Waals surface area contributed by atoms with Crippen LogP contribution in [0.4, 0.5) is 0 Å². The molecule has 2 aromatic carbocycles. The van der Waals surface area contributed by atoms with E-state index in [0.29, 0.717) is 29.0 Å². The molecule has 2 rings (SSSR count). The summed E-state index contributed by atoms with van der Waals surface area (Å²) in [6, 6.07) is 4.97. The summed E-state index contributed by atoms with van der Waals surface area (Å²) in [5, 5.41) is 12.1. The maximum atomic E-state index is 11.9. The van der Waals surface area contributed by atoms with Crippen molar-refractivity contribution in [2.75, 3.05) is 13.2 Å². The Balaban J connectivity index is 2.74. The summed E-state index contributed by atoms with van der Waals surface area (Å²) in [6.07, 6.45) is 1.73. The van der Waals surface area contributed by atoms with Crippen LogP contribution >= 0.6 is 11.6 Å². The number of benzene rings is 2. The Kier molecular flexibility index (Phi) is 6.76. The number of carbonyl (C=O) groups excluding carboxylic acids is 1. The monoisotopic (exact) mass is 366 g/mol. The van der Waals surface area contributed by atoms with E-state index in [4.69, 9.17) is 25.8 Å². The Morgan fingerprint density at radius 2 is 1.64 bits per heavy atom. The lowest BCUT2D eigenvalue weighted by atomic mass is 10.1. The van der Waals surface area contributed by atoms with Gasteiger partial charge in [-0.05, 0) is 31.0 Å². The number of hydrogen-bond donors (Lipinski definition) is 1. The van der Waals surface area contributed by atoms with Crippen molar-refractivity contribution >= 4 is 28.3 Å². The molecule has 2 aromatic rings. The fourth-order valence-electron chi connectivity index (χ4n) is 2.33. The van der Waals surface area contributed by atoms with Crippen molar-refractivity contribution in [3.8, 4) is 23.0 Å². The molecule has 0 amide bonds. The molecule has 0 saturated carbocycles. The molecule has 0 aliphatic rings. The van der Waals surface area contributed by atoms with E-state index in [-0.39, 0.29) is 29.4 Å². The van der Waals surface area contributed by atoms with E-state index in [1.807, 2.05) is 13.8 Å². The van der Waals surface area contributed by atoms with Gasteiger partial charge in [0.25, 0.3) is 0 Å². The number of phenolic OH excluding ortho intramolecular Hbond substituents is 1. The topological polar surface area (TPSA) is 65.0 Å². The van der Waals surface area contributed by atoms with E-state index in [9.17, 15) is 9.90 Å². The van der Waals surface area contributed by atoms with Gasteiger partial charge >= 0.3 is 5.97 Å². The molecule has 0 heterocycles. The second-order valence-corrected chi connectivity index (χ2v) is 5.99. The first-order chi connectivity index (χ1) is 12.0. The van der Waals surface area contributed by atoms with Crippen LogP contribution in [0.2, 0.25) is 5.02 Å². The van der Waals surface area contributed by atoms with Gasteiger partial charge in [-0.2, -0.15) is 0 Å². The highest BCUT2D eigenvalue weighted by Gasteiger charge is 2.25. The Labute approximate surface area is 152 Å². The minimum Gasteiger partial charge on any atom is -0.504 e. The molecule has 0 radical (unpaired) electrons. The molecule has 0 saturated heterocycles.